The van der Waals surface area contributed by atoms with E-state index in [0.717, 1.165) is 28.9 Å². The van der Waals surface area contributed by atoms with Crippen LogP contribution in [0.4, 0.5) is 0 Å². The van der Waals surface area contributed by atoms with E-state index in [0.29, 0.717) is 44.2 Å². The van der Waals surface area contributed by atoms with Gasteiger partial charge in [-0.1, -0.05) is 17.7 Å². The molecule has 7 heteroatoms. The second kappa shape index (κ2) is 9.87. The summed E-state index contributed by atoms with van der Waals surface area (Å²) in [7, 11) is -3.47. The van der Waals surface area contributed by atoms with Gasteiger partial charge in [-0.25, -0.2) is 8.42 Å². The Morgan fingerprint density at radius 2 is 1.90 bits per heavy atom. The lowest BCUT2D eigenvalue weighted by Gasteiger charge is -2.31. The van der Waals surface area contributed by atoms with Crippen molar-refractivity contribution >= 4 is 15.9 Å². The van der Waals surface area contributed by atoms with Gasteiger partial charge >= 0.3 is 0 Å². The maximum absolute atomic E-state index is 12.9. The lowest BCUT2D eigenvalue weighted by molar-refractivity contribution is -0.895. The van der Waals surface area contributed by atoms with E-state index in [-0.39, 0.29) is 5.91 Å². The number of aryl methyl sites for hydroxylation is 2. The fourth-order valence-electron chi connectivity index (χ4n) is 4.03. The zero-order valence-electron chi connectivity index (χ0n) is 17.7. The summed E-state index contributed by atoms with van der Waals surface area (Å²) in [5.41, 5.74) is 3.54. The standard InChI is InChI=1S/C22H33N3O3S/c1-18-8-9-21(16-19(18)2)29(27,28)25-14-12-24(13-15-25)17-22(26)23-11-10-20-6-4-3-5-7-20/h6,8-9,16H,3-5,7,10-15,17H2,1-2H3,(H,23,26)/p+1. The van der Waals surface area contributed by atoms with Crippen molar-refractivity contribution in [2.24, 2.45) is 0 Å². The van der Waals surface area contributed by atoms with Gasteiger partial charge in [0.1, 0.15) is 0 Å². The fraction of sp³-hybridized carbons (Fsp3) is 0.591. The van der Waals surface area contributed by atoms with Crippen LogP contribution in [-0.4, -0.2) is 57.9 Å². The maximum Gasteiger partial charge on any atom is 0.275 e. The summed E-state index contributed by atoms with van der Waals surface area (Å²) in [6.45, 7) is 7.23. The number of sulfonamides is 1. The van der Waals surface area contributed by atoms with Crippen molar-refractivity contribution in [3.8, 4) is 0 Å². The molecule has 1 aromatic rings. The van der Waals surface area contributed by atoms with Crippen molar-refractivity contribution in [1.82, 2.24) is 9.62 Å². The number of nitrogens with one attached hydrogen (secondary N) is 2. The number of amides is 1. The number of carbonyl (C=O) groups excluding carboxylic acids is 1. The zero-order valence-corrected chi connectivity index (χ0v) is 18.5. The first-order valence-electron chi connectivity index (χ1n) is 10.7. The molecule has 0 atom stereocenters. The topological polar surface area (TPSA) is 70.9 Å². The highest BCUT2D eigenvalue weighted by Gasteiger charge is 2.31. The summed E-state index contributed by atoms with van der Waals surface area (Å²) < 4.78 is 27.4. The fourth-order valence-corrected chi connectivity index (χ4v) is 5.55. The molecule has 6 nitrogen and oxygen atoms in total. The molecule has 0 saturated carbocycles. The van der Waals surface area contributed by atoms with Crippen molar-refractivity contribution in [2.75, 3.05) is 39.3 Å². The molecule has 1 saturated heterocycles. The first-order valence-corrected chi connectivity index (χ1v) is 12.2. The van der Waals surface area contributed by atoms with Crippen LogP contribution in [0.1, 0.15) is 43.2 Å². The predicted octanol–water partition coefficient (Wildman–Crippen LogP) is 1.20. The molecule has 1 aliphatic carbocycles. The van der Waals surface area contributed by atoms with Crippen LogP contribution in [0, 0.1) is 13.8 Å². The quantitative estimate of drug-likeness (QED) is 0.651. The molecule has 160 valence electrons. The number of piperazine rings is 1. The summed E-state index contributed by atoms with van der Waals surface area (Å²) in [6.07, 6.45) is 8.14. The molecule has 1 aliphatic heterocycles. The van der Waals surface area contributed by atoms with Crippen LogP contribution < -0.4 is 10.2 Å². The van der Waals surface area contributed by atoms with E-state index in [1.807, 2.05) is 19.9 Å². The normalized spacial score (nSPS) is 19.0. The van der Waals surface area contributed by atoms with Crippen LogP contribution in [0.5, 0.6) is 0 Å². The highest BCUT2D eigenvalue weighted by atomic mass is 32.2. The highest BCUT2D eigenvalue weighted by molar-refractivity contribution is 7.89. The van der Waals surface area contributed by atoms with Crippen molar-refractivity contribution in [1.29, 1.82) is 0 Å². The van der Waals surface area contributed by atoms with Gasteiger partial charge in [0, 0.05) is 6.54 Å². The molecule has 0 bridgehead atoms. The van der Waals surface area contributed by atoms with E-state index in [4.69, 9.17) is 0 Å². The summed E-state index contributed by atoms with van der Waals surface area (Å²) >= 11 is 0. The molecule has 1 aromatic carbocycles. The predicted molar refractivity (Wildman–Crippen MR) is 114 cm³/mol. The minimum absolute atomic E-state index is 0.0573. The van der Waals surface area contributed by atoms with Crippen molar-refractivity contribution in [3.05, 3.63) is 41.0 Å². The largest absolute Gasteiger partial charge is 0.351 e. The number of hydrogen-bond donors (Lipinski definition) is 2. The molecule has 1 amide bonds. The number of allylic oxidation sites excluding steroid dienone is 1. The van der Waals surface area contributed by atoms with Crippen molar-refractivity contribution in [2.45, 2.75) is 50.8 Å². The second-order valence-electron chi connectivity index (χ2n) is 8.29. The lowest BCUT2D eigenvalue weighted by atomic mass is 9.97. The third-order valence-corrected chi connectivity index (χ3v) is 8.00. The lowest BCUT2D eigenvalue weighted by Crippen LogP contribution is -3.15. The second-order valence-corrected chi connectivity index (χ2v) is 10.2. The smallest absolute Gasteiger partial charge is 0.275 e. The molecule has 2 aliphatic rings. The summed E-state index contributed by atoms with van der Waals surface area (Å²) in [5, 5.41) is 3.02. The van der Waals surface area contributed by atoms with Gasteiger partial charge in [-0.2, -0.15) is 4.31 Å². The summed E-state index contributed by atoms with van der Waals surface area (Å²) in [4.78, 5) is 13.7. The molecule has 1 heterocycles. The van der Waals surface area contributed by atoms with Gasteiger partial charge in [0.25, 0.3) is 5.91 Å². The van der Waals surface area contributed by atoms with Crippen molar-refractivity contribution in [3.63, 3.8) is 0 Å². The van der Waals surface area contributed by atoms with E-state index >= 15 is 0 Å². The third kappa shape index (κ3) is 5.90. The Kier molecular flexibility index (Phi) is 7.49. The first kappa shape index (κ1) is 22.0. The van der Waals surface area contributed by atoms with Crippen LogP contribution in [0.15, 0.2) is 34.7 Å². The molecule has 0 radical (unpaired) electrons. The molecule has 3 rings (SSSR count). The molecule has 0 aromatic heterocycles. The van der Waals surface area contributed by atoms with Gasteiger partial charge in [-0.3, -0.25) is 4.79 Å². The monoisotopic (exact) mass is 420 g/mol. The Bertz CT molecular complexity index is 856. The van der Waals surface area contributed by atoms with Crippen LogP contribution in [0.25, 0.3) is 0 Å². The first-order chi connectivity index (χ1) is 13.9. The molecule has 0 spiro atoms. The molecule has 1 fully saturated rings. The van der Waals surface area contributed by atoms with E-state index in [2.05, 4.69) is 11.4 Å². The number of nitrogens with zero attached hydrogens (tertiary/aromatic N) is 1. The van der Waals surface area contributed by atoms with E-state index in [9.17, 15) is 13.2 Å². The van der Waals surface area contributed by atoms with Gasteiger partial charge in [0.15, 0.2) is 6.54 Å². The molecule has 2 N–H and O–H groups in total. The number of carbonyl (C=O) groups is 1. The Balaban J connectivity index is 1.44. The summed E-state index contributed by atoms with van der Waals surface area (Å²) in [5.74, 6) is 0.0573. The van der Waals surface area contributed by atoms with Crippen LogP contribution in [0.2, 0.25) is 0 Å². The number of hydrogen-bond acceptors (Lipinski definition) is 3. The molecular formula is C22H34N3O3S+. The Morgan fingerprint density at radius 3 is 2.55 bits per heavy atom. The summed E-state index contributed by atoms with van der Waals surface area (Å²) in [6, 6.07) is 5.29. The minimum atomic E-state index is -3.47. The van der Waals surface area contributed by atoms with Gasteiger partial charge in [0.05, 0.1) is 31.1 Å². The number of benzene rings is 1. The Hall–Kier alpha value is -1.70. The van der Waals surface area contributed by atoms with Crippen LogP contribution >= 0.6 is 0 Å². The SMILES string of the molecule is Cc1ccc(S(=O)(=O)N2CC[NH+](CC(=O)NCCC3=CCCCC3)CC2)cc1C. The zero-order chi connectivity index (χ0) is 20.9. The van der Waals surface area contributed by atoms with Gasteiger partial charge < -0.3 is 10.2 Å². The van der Waals surface area contributed by atoms with E-state index in [1.165, 1.54) is 24.8 Å². The molecule has 29 heavy (non-hydrogen) atoms. The van der Waals surface area contributed by atoms with Gasteiger partial charge in [-0.15, -0.1) is 0 Å². The third-order valence-electron chi connectivity index (χ3n) is 6.11. The molecular weight excluding hydrogens is 386 g/mol. The Labute approximate surface area is 175 Å². The Morgan fingerprint density at radius 1 is 1.14 bits per heavy atom. The van der Waals surface area contributed by atoms with Crippen molar-refractivity contribution < 1.29 is 18.1 Å². The molecule has 0 unspecified atom stereocenters. The average molecular weight is 421 g/mol. The van der Waals surface area contributed by atoms with Crippen LogP contribution in [-0.2, 0) is 14.8 Å². The maximum atomic E-state index is 12.9. The average Bonchev–Trinajstić information content (AvgIpc) is 2.71. The highest BCUT2D eigenvalue weighted by Crippen LogP contribution is 2.20. The number of rotatable bonds is 7. The van der Waals surface area contributed by atoms with Crippen LogP contribution in [0.3, 0.4) is 0 Å². The van der Waals surface area contributed by atoms with E-state index in [1.54, 1.807) is 16.4 Å². The van der Waals surface area contributed by atoms with E-state index < -0.39 is 10.0 Å². The van der Waals surface area contributed by atoms with Gasteiger partial charge in [-0.05, 0) is 69.2 Å². The van der Waals surface area contributed by atoms with Gasteiger partial charge in [0.2, 0.25) is 10.0 Å². The minimum Gasteiger partial charge on any atom is -0.351 e. The number of quaternary nitrogens is 1.